The summed E-state index contributed by atoms with van der Waals surface area (Å²) in [5.74, 6) is 1.22. The van der Waals surface area contributed by atoms with Gasteiger partial charge in [0.25, 0.3) is 0 Å². The fraction of sp³-hybridized carbons (Fsp3) is 0.538. The molecule has 0 bridgehead atoms. The molecule has 1 heterocycles. The van der Waals surface area contributed by atoms with Crippen molar-refractivity contribution in [3.63, 3.8) is 0 Å². The van der Waals surface area contributed by atoms with Gasteiger partial charge in [0.2, 0.25) is 0 Å². The normalized spacial score (nSPS) is 17.1. The summed E-state index contributed by atoms with van der Waals surface area (Å²) < 4.78 is 11.0. The lowest BCUT2D eigenvalue weighted by atomic mass is 10.0. The lowest BCUT2D eigenvalue weighted by molar-refractivity contribution is 0.0494. The van der Waals surface area contributed by atoms with E-state index in [2.05, 4.69) is 0 Å². The molecule has 0 aliphatic carbocycles. The van der Waals surface area contributed by atoms with Crippen LogP contribution in [0.2, 0.25) is 5.02 Å². The van der Waals surface area contributed by atoms with Crippen LogP contribution in [0.15, 0.2) is 18.2 Å². The molecule has 1 fully saturated rings. The summed E-state index contributed by atoms with van der Waals surface area (Å²) >= 11 is 5.99. The summed E-state index contributed by atoms with van der Waals surface area (Å²) in [6.45, 7) is 2.20. The molecular formula is C13H17ClO3. The molecule has 0 aromatic heterocycles. The van der Waals surface area contributed by atoms with Crippen molar-refractivity contribution in [2.75, 3.05) is 19.8 Å². The largest absolute Gasteiger partial charge is 0.493 e. The minimum Gasteiger partial charge on any atom is -0.493 e. The van der Waals surface area contributed by atoms with Crippen LogP contribution in [0.5, 0.6) is 5.75 Å². The molecule has 1 aromatic rings. The molecule has 17 heavy (non-hydrogen) atoms. The van der Waals surface area contributed by atoms with Crippen molar-refractivity contribution in [2.45, 2.75) is 19.4 Å². The van der Waals surface area contributed by atoms with Gasteiger partial charge in [-0.25, -0.2) is 0 Å². The van der Waals surface area contributed by atoms with Gasteiger partial charge in [-0.2, -0.15) is 0 Å². The molecule has 1 aliphatic heterocycles. The smallest absolute Gasteiger partial charge is 0.126 e. The highest BCUT2D eigenvalue weighted by Crippen LogP contribution is 2.27. The van der Waals surface area contributed by atoms with E-state index in [1.165, 1.54) is 0 Å². The average Bonchev–Trinajstić information content (AvgIpc) is 2.37. The first kappa shape index (κ1) is 12.7. The van der Waals surface area contributed by atoms with Gasteiger partial charge in [-0.3, -0.25) is 0 Å². The van der Waals surface area contributed by atoms with E-state index in [4.69, 9.17) is 21.1 Å². The van der Waals surface area contributed by atoms with Gasteiger partial charge >= 0.3 is 0 Å². The predicted molar refractivity (Wildman–Crippen MR) is 66.4 cm³/mol. The van der Waals surface area contributed by atoms with Crippen molar-refractivity contribution in [1.82, 2.24) is 0 Å². The second-order valence-corrected chi connectivity index (χ2v) is 4.65. The summed E-state index contributed by atoms with van der Waals surface area (Å²) in [4.78, 5) is 0. The monoisotopic (exact) mass is 256 g/mol. The SMILES string of the molecule is OCc1c(Cl)cccc1OCC1CCOCC1. The Morgan fingerprint density at radius 3 is 2.82 bits per heavy atom. The van der Waals surface area contributed by atoms with E-state index in [0.29, 0.717) is 28.9 Å². The Balaban J connectivity index is 1.95. The Morgan fingerprint density at radius 2 is 2.12 bits per heavy atom. The maximum Gasteiger partial charge on any atom is 0.126 e. The zero-order valence-electron chi connectivity index (χ0n) is 9.69. The number of ether oxygens (including phenoxy) is 2. The number of hydrogen-bond acceptors (Lipinski definition) is 3. The van der Waals surface area contributed by atoms with Crippen molar-refractivity contribution in [3.05, 3.63) is 28.8 Å². The highest BCUT2D eigenvalue weighted by Gasteiger charge is 2.15. The molecule has 1 saturated heterocycles. The Kier molecular flexibility index (Phi) is 4.66. The third kappa shape index (κ3) is 3.35. The van der Waals surface area contributed by atoms with E-state index in [0.717, 1.165) is 26.1 Å². The standard InChI is InChI=1S/C13H17ClO3/c14-12-2-1-3-13(11(12)8-15)17-9-10-4-6-16-7-5-10/h1-3,10,15H,4-9H2. The number of aliphatic hydroxyl groups excluding tert-OH is 1. The van der Waals surface area contributed by atoms with E-state index < -0.39 is 0 Å². The number of benzene rings is 1. The van der Waals surface area contributed by atoms with Crippen LogP contribution in [0.1, 0.15) is 18.4 Å². The van der Waals surface area contributed by atoms with Gasteiger partial charge in [0, 0.05) is 23.8 Å². The Morgan fingerprint density at radius 1 is 1.35 bits per heavy atom. The van der Waals surface area contributed by atoms with E-state index >= 15 is 0 Å². The summed E-state index contributed by atoms with van der Waals surface area (Å²) in [7, 11) is 0. The first-order valence-electron chi connectivity index (χ1n) is 5.90. The summed E-state index contributed by atoms with van der Waals surface area (Å²) in [6, 6.07) is 5.44. The van der Waals surface area contributed by atoms with Gasteiger partial charge in [-0.05, 0) is 30.9 Å². The van der Waals surface area contributed by atoms with E-state index in [9.17, 15) is 5.11 Å². The predicted octanol–water partition coefficient (Wildman–Crippen LogP) is 2.64. The Hall–Kier alpha value is -0.770. The van der Waals surface area contributed by atoms with Gasteiger partial charge in [-0.15, -0.1) is 0 Å². The summed E-state index contributed by atoms with van der Waals surface area (Å²) in [5, 5.41) is 9.80. The highest BCUT2D eigenvalue weighted by molar-refractivity contribution is 6.31. The number of aliphatic hydroxyl groups is 1. The van der Waals surface area contributed by atoms with Crippen LogP contribution in [-0.2, 0) is 11.3 Å². The molecular weight excluding hydrogens is 240 g/mol. The minimum absolute atomic E-state index is 0.0945. The third-order valence-electron chi connectivity index (χ3n) is 3.05. The maximum absolute atomic E-state index is 9.25. The molecule has 4 heteroatoms. The fourth-order valence-corrected chi connectivity index (χ4v) is 2.17. The van der Waals surface area contributed by atoms with Gasteiger partial charge in [0.1, 0.15) is 5.75 Å². The van der Waals surface area contributed by atoms with Gasteiger partial charge < -0.3 is 14.6 Å². The van der Waals surface area contributed by atoms with E-state index in [-0.39, 0.29) is 6.61 Å². The van der Waals surface area contributed by atoms with Crippen LogP contribution in [0.25, 0.3) is 0 Å². The second kappa shape index (κ2) is 6.24. The molecule has 0 spiro atoms. The van der Waals surface area contributed by atoms with Crippen LogP contribution in [0, 0.1) is 5.92 Å². The lowest BCUT2D eigenvalue weighted by Crippen LogP contribution is -2.21. The van der Waals surface area contributed by atoms with Crippen LogP contribution < -0.4 is 4.74 Å². The molecule has 0 radical (unpaired) electrons. The molecule has 0 unspecified atom stereocenters. The Bertz CT molecular complexity index is 362. The molecule has 94 valence electrons. The van der Waals surface area contributed by atoms with Crippen molar-refractivity contribution >= 4 is 11.6 Å². The van der Waals surface area contributed by atoms with E-state index in [1.54, 1.807) is 6.07 Å². The van der Waals surface area contributed by atoms with E-state index in [1.807, 2.05) is 12.1 Å². The maximum atomic E-state index is 9.25. The van der Waals surface area contributed by atoms with Gasteiger partial charge in [-0.1, -0.05) is 17.7 Å². The minimum atomic E-state index is -0.0945. The number of hydrogen-bond donors (Lipinski definition) is 1. The van der Waals surface area contributed by atoms with Crippen LogP contribution >= 0.6 is 11.6 Å². The number of rotatable bonds is 4. The first-order chi connectivity index (χ1) is 8.31. The fourth-order valence-electron chi connectivity index (χ4n) is 1.95. The van der Waals surface area contributed by atoms with Gasteiger partial charge in [0.05, 0.1) is 13.2 Å². The van der Waals surface area contributed by atoms with Crippen LogP contribution in [0.4, 0.5) is 0 Å². The van der Waals surface area contributed by atoms with Crippen molar-refractivity contribution in [1.29, 1.82) is 0 Å². The summed E-state index contributed by atoms with van der Waals surface area (Å²) in [6.07, 6.45) is 2.07. The first-order valence-corrected chi connectivity index (χ1v) is 6.28. The molecule has 3 nitrogen and oxygen atoms in total. The molecule has 0 amide bonds. The lowest BCUT2D eigenvalue weighted by Gasteiger charge is -2.22. The molecule has 1 N–H and O–H groups in total. The molecule has 0 saturated carbocycles. The van der Waals surface area contributed by atoms with Crippen molar-refractivity contribution in [2.24, 2.45) is 5.92 Å². The van der Waals surface area contributed by atoms with Crippen LogP contribution in [0.3, 0.4) is 0 Å². The van der Waals surface area contributed by atoms with Crippen molar-refractivity contribution < 1.29 is 14.6 Å². The zero-order valence-corrected chi connectivity index (χ0v) is 10.4. The number of halogens is 1. The zero-order chi connectivity index (χ0) is 12.1. The highest BCUT2D eigenvalue weighted by atomic mass is 35.5. The molecule has 1 aliphatic rings. The quantitative estimate of drug-likeness (QED) is 0.900. The average molecular weight is 257 g/mol. The molecule has 2 rings (SSSR count). The summed E-state index contributed by atoms with van der Waals surface area (Å²) in [5.41, 5.74) is 0.668. The van der Waals surface area contributed by atoms with Crippen LogP contribution in [-0.4, -0.2) is 24.9 Å². The second-order valence-electron chi connectivity index (χ2n) is 4.24. The topological polar surface area (TPSA) is 38.7 Å². The third-order valence-corrected chi connectivity index (χ3v) is 3.40. The van der Waals surface area contributed by atoms with Gasteiger partial charge in [0.15, 0.2) is 0 Å². The van der Waals surface area contributed by atoms with Crippen molar-refractivity contribution in [3.8, 4) is 5.75 Å². The Labute approximate surface area is 106 Å². The molecule has 0 atom stereocenters. The molecule has 1 aromatic carbocycles.